The molecular formula is C11H14N4O3S. The van der Waals surface area contributed by atoms with E-state index in [-0.39, 0.29) is 23.7 Å². The first-order chi connectivity index (χ1) is 9.04. The van der Waals surface area contributed by atoms with Gasteiger partial charge < -0.3 is 5.11 Å². The van der Waals surface area contributed by atoms with E-state index in [0.717, 1.165) is 0 Å². The van der Waals surface area contributed by atoms with E-state index in [0.29, 0.717) is 11.4 Å². The number of aryl methyl sites for hydroxylation is 1. The molecule has 0 atom stereocenters. The first kappa shape index (κ1) is 13.7. The zero-order valence-electron chi connectivity index (χ0n) is 10.3. The Balaban J connectivity index is 2.19. The zero-order valence-corrected chi connectivity index (χ0v) is 11.1. The first-order valence-electron chi connectivity index (χ1n) is 5.59. The third-order valence-electron chi connectivity index (χ3n) is 2.62. The highest BCUT2D eigenvalue weighted by Crippen LogP contribution is 2.15. The van der Waals surface area contributed by atoms with Crippen LogP contribution in [-0.4, -0.2) is 28.7 Å². The van der Waals surface area contributed by atoms with Gasteiger partial charge in [-0.3, -0.25) is 10.1 Å². The summed E-state index contributed by atoms with van der Waals surface area (Å²) in [7, 11) is -3.77. The average molecular weight is 282 g/mol. The second-order valence-corrected chi connectivity index (χ2v) is 5.62. The minimum atomic E-state index is -3.77. The fourth-order valence-corrected chi connectivity index (χ4v) is 2.76. The number of hydrogen-bond acceptors (Lipinski definition) is 5. The molecule has 0 amide bonds. The van der Waals surface area contributed by atoms with Gasteiger partial charge >= 0.3 is 0 Å². The van der Waals surface area contributed by atoms with E-state index in [9.17, 15) is 13.5 Å². The quantitative estimate of drug-likeness (QED) is 0.720. The molecule has 0 aliphatic rings. The number of nitrogens with zero attached hydrogens (tertiary/aromatic N) is 2. The van der Waals surface area contributed by atoms with E-state index in [1.165, 1.54) is 0 Å². The number of pyridine rings is 1. The van der Waals surface area contributed by atoms with Gasteiger partial charge in [0.1, 0.15) is 0 Å². The number of rotatable bonds is 5. The van der Waals surface area contributed by atoms with Gasteiger partial charge in [-0.05, 0) is 19.1 Å². The lowest BCUT2D eigenvalue weighted by atomic mass is 10.3. The van der Waals surface area contributed by atoms with E-state index in [1.54, 1.807) is 31.3 Å². The van der Waals surface area contributed by atoms with Crippen LogP contribution in [0.5, 0.6) is 0 Å². The van der Waals surface area contributed by atoms with Crippen LogP contribution in [0.1, 0.15) is 17.0 Å². The predicted octanol–water partition coefficient (Wildman–Crippen LogP) is 0.0839. The summed E-state index contributed by atoms with van der Waals surface area (Å²) in [5.74, 6) is 0. The van der Waals surface area contributed by atoms with Gasteiger partial charge in [-0.1, -0.05) is 6.07 Å². The molecule has 3 N–H and O–H groups in total. The van der Waals surface area contributed by atoms with Crippen molar-refractivity contribution >= 4 is 10.0 Å². The van der Waals surface area contributed by atoms with Crippen LogP contribution in [0.15, 0.2) is 29.4 Å². The Bertz CT molecular complexity index is 652. The number of nitrogens with one attached hydrogen (secondary N) is 2. The van der Waals surface area contributed by atoms with Crippen LogP contribution in [0.3, 0.4) is 0 Å². The van der Waals surface area contributed by atoms with Gasteiger partial charge in [-0.2, -0.15) is 5.10 Å². The summed E-state index contributed by atoms with van der Waals surface area (Å²) in [5.41, 5.74) is 1.40. The van der Waals surface area contributed by atoms with Crippen molar-refractivity contribution in [3.05, 3.63) is 41.3 Å². The molecule has 0 aliphatic carbocycles. The van der Waals surface area contributed by atoms with Crippen LogP contribution in [0.2, 0.25) is 0 Å². The highest BCUT2D eigenvalue weighted by atomic mass is 32.2. The van der Waals surface area contributed by atoms with Gasteiger partial charge in [0.25, 0.3) is 10.0 Å². The molecule has 0 spiro atoms. The number of H-pyrrole nitrogens is 1. The topological polar surface area (TPSA) is 108 Å². The Morgan fingerprint density at radius 1 is 1.42 bits per heavy atom. The van der Waals surface area contributed by atoms with Crippen molar-refractivity contribution in [1.29, 1.82) is 0 Å². The van der Waals surface area contributed by atoms with Crippen molar-refractivity contribution in [3.8, 4) is 0 Å². The van der Waals surface area contributed by atoms with Crippen molar-refractivity contribution in [3.63, 3.8) is 0 Å². The van der Waals surface area contributed by atoms with E-state index < -0.39 is 10.0 Å². The second kappa shape index (κ2) is 5.47. The molecule has 7 nitrogen and oxygen atoms in total. The number of aromatic nitrogens is 3. The summed E-state index contributed by atoms with van der Waals surface area (Å²) in [6, 6.07) is 5.23. The Morgan fingerprint density at radius 2 is 2.21 bits per heavy atom. The monoisotopic (exact) mass is 282 g/mol. The highest BCUT2D eigenvalue weighted by molar-refractivity contribution is 7.89. The molecule has 0 saturated heterocycles. The molecule has 0 aliphatic heterocycles. The van der Waals surface area contributed by atoms with Crippen LogP contribution in [-0.2, 0) is 23.2 Å². The van der Waals surface area contributed by atoms with E-state index >= 15 is 0 Å². The summed E-state index contributed by atoms with van der Waals surface area (Å²) < 4.78 is 26.5. The fraction of sp³-hybridized carbons (Fsp3) is 0.273. The number of aliphatic hydroxyl groups excluding tert-OH is 1. The van der Waals surface area contributed by atoms with Crippen LogP contribution in [0.25, 0.3) is 0 Å². The van der Waals surface area contributed by atoms with Crippen molar-refractivity contribution < 1.29 is 13.5 Å². The number of aliphatic hydroxyl groups is 1. The molecule has 0 saturated carbocycles. The molecule has 2 aromatic heterocycles. The van der Waals surface area contributed by atoms with Crippen LogP contribution in [0.4, 0.5) is 0 Å². The van der Waals surface area contributed by atoms with Gasteiger partial charge in [-0.25, -0.2) is 13.1 Å². The predicted molar refractivity (Wildman–Crippen MR) is 67.5 cm³/mol. The molecule has 8 heteroatoms. The summed E-state index contributed by atoms with van der Waals surface area (Å²) in [4.78, 5) is 4.02. The van der Waals surface area contributed by atoms with Gasteiger partial charge in [0, 0.05) is 17.5 Å². The molecule has 2 aromatic rings. The van der Waals surface area contributed by atoms with E-state index in [1.807, 2.05) is 0 Å². The van der Waals surface area contributed by atoms with Crippen LogP contribution < -0.4 is 4.72 Å². The molecule has 0 fully saturated rings. The third kappa shape index (κ3) is 2.98. The van der Waals surface area contributed by atoms with Crippen molar-refractivity contribution in [2.24, 2.45) is 0 Å². The van der Waals surface area contributed by atoms with Gasteiger partial charge in [-0.15, -0.1) is 0 Å². The maximum absolute atomic E-state index is 12.1. The lowest BCUT2D eigenvalue weighted by Gasteiger charge is -2.05. The van der Waals surface area contributed by atoms with Crippen LogP contribution in [0, 0.1) is 6.92 Å². The van der Waals surface area contributed by atoms with Crippen molar-refractivity contribution in [2.45, 2.75) is 25.1 Å². The van der Waals surface area contributed by atoms with Gasteiger partial charge in [0.2, 0.25) is 0 Å². The SMILES string of the molecule is Cc1[nH]nc(S(=O)(=O)NCc2ccccn2)c1CO. The van der Waals surface area contributed by atoms with Gasteiger partial charge in [0.15, 0.2) is 5.03 Å². The van der Waals surface area contributed by atoms with Crippen molar-refractivity contribution in [1.82, 2.24) is 19.9 Å². The molecule has 2 rings (SSSR count). The first-order valence-corrected chi connectivity index (χ1v) is 7.07. The molecule has 0 unspecified atom stereocenters. The Hall–Kier alpha value is -1.77. The maximum atomic E-state index is 12.1. The summed E-state index contributed by atoms with van der Waals surface area (Å²) in [6.07, 6.45) is 1.58. The normalized spacial score (nSPS) is 11.7. The molecule has 0 bridgehead atoms. The second-order valence-electron chi connectivity index (χ2n) is 3.94. The largest absolute Gasteiger partial charge is 0.392 e. The standard InChI is InChI=1S/C11H14N4O3S/c1-8-10(7-16)11(15-14-8)19(17,18)13-6-9-4-2-3-5-12-9/h2-5,13,16H,6-7H2,1H3,(H,14,15). The zero-order chi connectivity index (χ0) is 13.9. The Morgan fingerprint density at radius 3 is 2.84 bits per heavy atom. The Kier molecular flexibility index (Phi) is 3.93. The Labute approximate surface area is 110 Å². The highest BCUT2D eigenvalue weighted by Gasteiger charge is 2.23. The van der Waals surface area contributed by atoms with E-state index in [4.69, 9.17) is 0 Å². The van der Waals surface area contributed by atoms with Crippen molar-refractivity contribution in [2.75, 3.05) is 0 Å². The average Bonchev–Trinajstić information content (AvgIpc) is 2.79. The number of sulfonamides is 1. The van der Waals surface area contributed by atoms with E-state index in [2.05, 4.69) is 19.9 Å². The minimum absolute atomic E-state index is 0.0694. The summed E-state index contributed by atoms with van der Waals surface area (Å²) in [5, 5.41) is 15.3. The van der Waals surface area contributed by atoms with Gasteiger partial charge in [0.05, 0.1) is 18.8 Å². The lowest BCUT2D eigenvalue weighted by molar-refractivity contribution is 0.277. The lowest BCUT2D eigenvalue weighted by Crippen LogP contribution is -2.25. The number of aromatic amines is 1. The maximum Gasteiger partial charge on any atom is 0.260 e. The minimum Gasteiger partial charge on any atom is -0.392 e. The molecule has 0 radical (unpaired) electrons. The summed E-state index contributed by atoms with van der Waals surface area (Å²) >= 11 is 0. The van der Waals surface area contributed by atoms with Crippen LogP contribution >= 0.6 is 0 Å². The summed E-state index contributed by atoms with van der Waals surface area (Å²) in [6.45, 7) is 1.33. The fourth-order valence-electron chi connectivity index (χ4n) is 1.58. The smallest absolute Gasteiger partial charge is 0.260 e. The third-order valence-corrected chi connectivity index (χ3v) is 3.99. The molecule has 2 heterocycles. The molecule has 19 heavy (non-hydrogen) atoms. The molecular weight excluding hydrogens is 268 g/mol. The number of hydrogen-bond donors (Lipinski definition) is 3. The molecule has 0 aromatic carbocycles. The molecule has 102 valence electrons.